The molecule has 1 fully saturated rings. The normalized spacial score (nSPS) is 22.6. The number of ketones is 1. The van der Waals surface area contributed by atoms with Gasteiger partial charge in [-0.2, -0.15) is 0 Å². The summed E-state index contributed by atoms with van der Waals surface area (Å²) in [6.45, 7) is -0.899. The molecule has 0 N–H and O–H groups in total. The zero-order valence-corrected chi connectivity index (χ0v) is 14.1. The number of likely N-dealkylation sites (tertiary alicyclic amines) is 1. The van der Waals surface area contributed by atoms with Crippen molar-refractivity contribution in [2.75, 3.05) is 13.2 Å². The monoisotopic (exact) mass is 367 g/mol. The van der Waals surface area contributed by atoms with Gasteiger partial charge in [0.05, 0.1) is 21.0 Å². The molecule has 126 valence electrons. The lowest BCUT2D eigenvalue weighted by Gasteiger charge is -2.14. The Morgan fingerprint density at radius 3 is 2.33 bits per heavy atom. The van der Waals surface area contributed by atoms with E-state index in [0.717, 1.165) is 16.2 Å². The number of hydrogen-bond donors (Lipinski definition) is 0. The van der Waals surface area contributed by atoms with Crippen molar-refractivity contribution in [2.24, 2.45) is 11.8 Å². The maximum Gasteiger partial charge on any atom is 0.326 e. The maximum absolute atomic E-state index is 12.2. The highest BCUT2D eigenvalue weighted by atomic mass is 35.5. The summed E-state index contributed by atoms with van der Waals surface area (Å²) in [5.41, 5.74) is 0. The van der Waals surface area contributed by atoms with Crippen molar-refractivity contribution >= 4 is 46.5 Å². The van der Waals surface area contributed by atoms with Crippen molar-refractivity contribution < 1.29 is 23.9 Å². The van der Waals surface area contributed by atoms with Crippen LogP contribution in [-0.2, 0) is 19.1 Å². The molecule has 24 heavy (non-hydrogen) atoms. The smallest absolute Gasteiger partial charge is 0.326 e. The molecule has 2 amide bonds. The number of carbonyl (C=O) groups is 4. The number of nitrogens with zero attached hydrogens (tertiary/aromatic N) is 1. The molecule has 8 heteroatoms. The molecule has 1 aliphatic heterocycles. The number of amides is 2. The largest absolute Gasteiger partial charge is 0.456 e. The molecule has 6 nitrogen and oxygen atoms in total. The molecule has 2 heterocycles. The third-order valence-electron chi connectivity index (χ3n) is 4.10. The molecule has 0 aromatic carbocycles. The molecule has 1 aromatic heterocycles. The summed E-state index contributed by atoms with van der Waals surface area (Å²) >= 11 is 6.84. The second-order valence-corrected chi connectivity index (χ2v) is 7.32. The molecule has 1 aliphatic carbocycles. The average Bonchev–Trinajstić information content (AvgIpc) is 3.11. The van der Waals surface area contributed by atoms with Gasteiger partial charge in [0.1, 0.15) is 6.54 Å². The number of allylic oxidation sites excluding steroid dienone is 2. The molecular formula is C16H14ClNO5S. The van der Waals surface area contributed by atoms with E-state index in [1.165, 1.54) is 0 Å². The molecule has 2 atom stereocenters. The second kappa shape index (κ2) is 6.86. The summed E-state index contributed by atoms with van der Waals surface area (Å²) in [4.78, 5) is 49.5. The minimum Gasteiger partial charge on any atom is -0.456 e. The highest BCUT2D eigenvalue weighted by Gasteiger charge is 2.47. The predicted octanol–water partition coefficient (Wildman–Crippen LogP) is 2.08. The molecule has 1 saturated heterocycles. The number of hydrogen-bond acceptors (Lipinski definition) is 6. The molecule has 2 aliphatic rings. The number of carbonyl (C=O) groups excluding carboxylic acids is 4. The highest BCUT2D eigenvalue weighted by molar-refractivity contribution is 7.18. The van der Waals surface area contributed by atoms with Crippen LogP contribution < -0.4 is 0 Å². The van der Waals surface area contributed by atoms with Crippen molar-refractivity contribution in [3.8, 4) is 0 Å². The predicted molar refractivity (Wildman–Crippen MR) is 86.7 cm³/mol. The Morgan fingerprint density at radius 1 is 1.17 bits per heavy atom. The fraction of sp³-hybridized carbons (Fsp3) is 0.375. The van der Waals surface area contributed by atoms with Gasteiger partial charge in [0.25, 0.3) is 0 Å². The van der Waals surface area contributed by atoms with Crippen LogP contribution in [0, 0.1) is 11.8 Å². The number of imide groups is 1. The number of thiophene rings is 1. The maximum atomic E-state index is 12.2. The first kappa shape index (κ1) is 16.9. The van der Waals surface area contributed by atoms with E-state index >= 15 is 0 Å². The number of esters is 1. The lowest BCUT2D eigenvalue weighted by atomic mass is 9.85. The third kappa shape index (κ3) is 3.27. The fourth-order valence-electron chi connectivity index (χ4n) is 2.88. The highest BCUT2D eigenvalue weighted by Crippen LogP contribution is 2.34. The van der Waals surface area contributed by atoms with Crippen molar-refractivity contribution in [1.29, 1.82) is 0 Å². The van der Waals surface area contributed by atoms with Crippen LogP contribution in [0.4, 0.5) is 0 Å². The van der Waals surface area contributed by atoms with Gasteiger partial charge in [-0.1, -0.05) is 23.8 Å². The Hall–Kier alpha value is -1.99. The van der Waals surface area contributed by atoms with Crippen LogP contribution in [0.5, 0.6) is 0 Å². The lowest BCUT2D eigenvalue weighted by molar-refractivity contribution is -0.152. The van der Waals surface area contributed by atoms with Crippen LogP contribution in [-0.4, -0.2) is 41.6 Å². The summed E-state index contributed by atoms with van der Waals surface area (Å²) < 4.78 is 5.36. The van der Waals surface area contributed by atoms with Crippen LogP contribution >= 0.6 is 22.9 Å². The lowest BCUT2D eigenvalue weighted by Crippen LogP contribution is -2.37. The Labute approximate surface area is 147 Å². The van der Waals surface area contributed by atoms with E-state index in [0.29, 0.717) is 22.1 Å². The third-order valence-corrected chi connectivity index (χ3v) is 5.37. The average molecular weight is 368 g/mol. The van der Waals surface area contributed by atoms with Gasteiger partial charge in [0.2, 0.25) is 17.6 Å². The Balaban J connectivity index is 1.54. The molecule has 0 bridgehead atoms. The van der Waals surface area contributed by atoms with E-state index in [1.54, 1.807) is 12.1 Å². The minimum absolute atomic E-state index is 0.345. The van der Waals surface area contributed by atoms with Gasteiger partial charge < -0.3 is 4.74 Å². The quantitative estimate of drug-likeness (QED) is 0.344. The number of rotatable bonds is 5. The molecule has 0 spiro atoms. The Bertz CT molecular complexity index is 715. The van der Waals surface area contributed by atoms with E-state index in [1.807, 2.05) is 12.2 Å². The van der Waals surface area contributed by atoms with E-state index in [-0.39, 0.29) is 29.4 Å². The van der Waals surface area contributed by atoms with Crippen LogP contribution in [0.3, 0.4) is 0 Å². The first-order chi connectivity index (χ1) is 11.5. The van der Waals surface area contributed by atoms with Gasteiger partial charge in [0, 0.05) is 0 Å². The molecule has 0 unspecified atom stereocenters. The standard InChI is InChI=1S/C16H14ClNO5S/c17-13-6-5-12(24-13)11(19)8-23-14(20)7-18-15(21)9-3-1-2-4-10(9)16(18)22/h1-2,5-6,9-10H,3-4,7-8H2/t9-,10-/m1/s1. The van der Waals surface area contributed by atoms with Crippen LogP contribution in [0.15, 0.2) is 24.3 Å². The zero-order valence-electron chi connectivity index (χ0n) is 12.6. The van der Waals surface area contributed by atoms with E-state index in [4.69, 9.17) is 16.3 Å². The van der Waals surface area contributed by atoms with Gasteiger partial charge in [-0.3, -0.25) is 24.1 Å². The van der Waals surface area contributed by atoms with E-state index < -0.39 is 19.1 Å². The van der Waals surface area contributed by atoms with Gasteiger partial charge >= 0.3 is 5.97 Å². The summed E-state index contributed by atoms with van der Waals surface area (Å²) in [6, 6.07) is 3.13. The van der Waals surface area contributed by atoms with Crippen molar-refractivity contribution in [3.05, 3.63) is 33.5 Å². The summed E-state index contributed by atoms with van der Waals surface area (Å²) in [7, 11) is 0. The first-order valence-corrected chi connectivity index (χ1v) is 8.61. The Morgan fingerprint density at radius 2 is 1.79 bits per heavy atom. The fourth-order valence-corrected chi connectivity index (χ4v) is 3.85. The van der Waals surface area contributed by atoms with Crippen LogP contribution in [0.25, 0.3) is 0 Å². The summed E-state index contributed by atoms with van der Waals surface area (Å²) in [5.74, 6) is -2.61. The number of ether oxygens (including phenoxy) is 1. The van der Waals surface area contributed by atoms with Crippen LogP contribution in [0.1, 0.15) is 22.5 Å². The van der Waals surface area contributed by atoms with Gasteiger partial charge in [-0.25, -0.2) is 0 Å². The van der Waals surface area contributed by atoms with Crippen molar-refractivity contribution in [2.45, 2.75) is 12.8 Å². The minimum atomic E-state index is -0.778. The molecule has 3 rings (SSSR count). The van der Waals surface area contributed by atoms with Gasteiger partial charge in [0.15, 0.2) is 6.61 Å². The zero-order chi connectivity index (χ0) is 17.3. The summed E-state index contributed by atoms with van der Waals surface area (Å²) in [5, 5.41) is 0. The van der Waals surface area contributed by atoms with Gasteiger partial charge in [-0.05, 0) is 25.0 Å². The van der Waals surface area contributed by atoms with E-state index in [9.17, 15) is 19.2 Å². The molecule has 0 radical (unpaired) electrons. The van der Waals surface area contributed by atoms with Crippen molar-refractivity contribution in [3.63, 3.8) is 0 Å². The first-order valence-electron chi connectivity index (χ1n) is 7.41. The second-order valence-electron chi connectivity index (χ2n) is 5.61. The number of fused-ring (bicyclic) bond motifs is 1. The molecular weight excluding hydrogens is 354 g/mol. The number of Topliss-reactive ketones (excluding diaryl/α,β-unsaturated/α-hetero) is 1. The van der Waals surface area contributed by atoms with Crippen LogP contribution in [0.2, 0.25) is 4.34 Å². The number of halogens is 1. The van der Waals surface area contributed by atoms with Crippen molar-refractivity contribution in [1.82, 2.24) is 4.90 Å². The van der Waals surface area contributed by atoms with Gasteiger partial charge in [-0.15, -0.1) is 11.3 Å². The topological polar surface area (TPSA) is 80.8 Å². The SMILES string of the molecule is O=C(CN1C(=O)[C@@H]2CC=CC[C@H]2C1=O)OCC(=O)c1ccc(Cl)s1. The molecule has 1 aromatic rings. The molecule has 0 saturated carbocycles. The summed E-state index contributed by atoms with van der Waals surface area (Å²) in [6.07, 6.45) is 4.77. The van der Waals surface area contributed by atoms with E-state index in [2.05, 4.69) is 0 Å². The Kier molecular flexibility index (Phi) is 4.82.